The lowest BCUT2D eigenvalue weighted by Crippen LogP contribution is -2.31. The first-order chi connectivity index (χ1) is 9.52. The summed E-state index contributed by atoms with van der Waals surface area (Å²) >= 11 is 9.23. The van der Waals surface area contributed by atoms with Gasteiger partial charge in [0.2, 0.25) is 0 Å². The fraction of sp³-hybridized carbons (Fsp3) is 0.143. The number of nitrogens with zero attached hydrogens (tertiary/aromatic N) is 2. The van der Waals surface area contributed by atoms with Crippen molar-refractivity contribution >= 4 is 39.1 Å². The number of benzene rings is 1. The van der Waals surface area contributed by atoms with Crippen molar-refractivity contribution in [2.75, 3.05) is 11.4 Å². The molecular weight excluding hydrogens is 347 g/mol. The van der Waals surface area contributed by atoms with Gasteiger partial charge in [0, 0.05) is 22.9 Å². The van der Waals surface area contributed by atoms with Crippen LogP contribution in [0.15, 0.2) is 41.0 Å². The quantitative estimate of drug-likeness (QED) is 0.767. The Hall–Kier alpha value is -1.46. The van der Waals surface area contributed by atoms with Gasteiger partial charge in [0.1, 0.15) is 11.0 Å². The molecule has 0 radical (unpaired) electrons. The van der Waals surface area contributed by atoms with Crippen LogP contribution in [0.3, 0.4) is 0 Å². The van der Waals surface area contributed by atoms with Crippen LogP contribution in [0.1, 0.15) is 17.3 Å². The van der Waals surface area contributed by atoms with Crippen LogP contribution in [0.2, 0.25) is 5.15 Å². The van der Waals surface area contributed by atoms with Gasteiger partial charge in [-0.2, -0.15) is 0 Å². The van der Waals surface area contributed by atoms with Crippen LogP contribution in [-0.4, -0.2) is 17.4 Å². The molecule has 0 spiro atoms. The molecule has 1 aromatic carbocycles. The Morgan fingerprint density at radius 2 is 2.05 bits per heavy atom. The highest BCUT2D eigenvalue weighted by Crippen LogP contribution is 2.23. The summed E-state index contributed by atoms with van der Waals surface area (Å²) in [6.07, 6.45) is 1.52. The smallest absolute Gasteiger partial charge is 0.261 e. The largest absolute Gasteiger partial charge is 0.309 e. The molecule has 0 unspecified atom stereocenters. The van der Waals surface area contributed by atoms with Gasteiger partial charge in [0.05, 0.1) is 5.56 Å². The first-order valence-electron chi connectivity index (χ1n) is 5.91. The second-order valence-corrected chi connectivity index (χ2v) is 5.29. The molecule has 0 aliphatic carbocycles. The minimum Gasteiger partial charge on any atom is -0.309 e. The molecule has 0 N–H and O–H groups in total. The van der Waals surface area contributed by atoms with Gasteiger partial charge in [0.25, 0.3) is 5.91 Å². The summed E-state index contributed by atoms with van der Waals surface area (Å²) in [5, 5.41) is 0.138. The molecule has 0 aliphatic heterocycles. The number of rotatable bonds is 3. The van der Waals surface area contributed by atoms with E-state index in [4.69, 9.17) is 11.6 Å². The maximum Gasteiger partial charge on any atom is 0.261 e. The SMILES string of the molecule is CCN(C(=O)c1cc(Br)cnc1Cl)c1ccc(F)cc1. The lowest BCUT2D eigenvalue weighted by Gasteiger charge is -2.21. The molecule has 20 heavy (non-hydrogen) atoms. The molecule has 0 saturated carbocycles. The van der Waals surface area contributed by atoms with Crippen molar-refractivity contribution in [1.29, 1.82) is 0 Å². The molecule has 6 heteroatoms. The predicted molar refractivity (Wildman–Crippen MR) is 80.7 cm³/mol. The van der Waals surface area contributed by atoms with Gasteiger partial charge in [-0.3, -0.25) is 4.79 Å². The highest BCUT2D eigenvalue weighted by molar-refractivity contribution is 9.10. The van der Waals surface area contributed by atoms with Crippen LogP contribution in [0.25, 0.3) is 0 Å². The fourth-order valence-electron chi connectivity index (χ4n) is 1.78. The lowest BCUT2D eigenvalue weighted by atomic mass is 10.2. The Labute approximate surface area is 129 Å². The summed E-state index contributed by atoms with van der Waals surface area (Å²) in [4.78, 5) is 18.0. The average Bonchev–Trinajstić information content (AvgIpc) is 2.44. The van der Waals surface area contributed by atoms with Crippen LogP contribution >= 0.6 is 27.5 Å². The van der Waals surface area contributed by atoms with E-state index in [1.54, 1.807) is 18.2 Å². The summed E-state index contributed by atoms with van der Waals surface area (Å²) in [5.41, 5.74) is 0.905. The van der Waals surface area contributed by atoms with Gasteiger partial charge in [-0.1, -0.05) is 11.6 Å². The fourth-order valence-corrected chi connectivity index (χ4v) is 2.30. The van der Waals surface area contributed by atoms with Crippen LogP contribution in [0.4, 0.5) is 10.1 Å². The maximum atomic E-state index is 13.0. The summed E-state index contributed by atoms with van der Waals surface area (Å²) < 4.78 is 13.6. The second-order valence-electron chi connectivity index (χ2n) is 4.02. The third kappa shape index (κ3) is 3.16. The first-order valence-corrected chi connectivity index (χ1v) is 7.08. The molecule has 1 aromatic heterocycles. The van der Waals surface area contributed by atoms with Gasteiger partial charge in [-0.15, -0.1) is 0 Å². The molecule has 0 aliphatic rings. The minimum atomic E-state index is -0.348. The van der Waals surface area contributed by atoms with Crippen molar-refractivity contribution in [3.05, 3.63) is 57.5 Å². The van der Waals surface area contributed by atoms with Crippen molar-refractivity contribution in [2.45, 2.75) is 6.92 Å². The molecule has 0 saturated heterocycles. The zero-order valence-electron chi connectivity index (χ0n) is 10.6. The van der Waals surface area contributed by atoms with E-state index in [9.17, 15) is 9.18 Å². The molecule has 3 nitrogen and oxygen atoms in total. The molecular formula is C14H11BrClFN2O. The standard InChI is InChI=1S/C14H11BrClFN2O/c1-2-19(11-5-3-10(17)4-6-11)14(20)12-7-9(15)8-18-13(12)16/h3-8H,2H2,1H3. The van der Waals surface area contributed by atoms with Gasteiger partial charge >= 0.3 is 0 Å². The van der Waals surface area contributed by atoms with Crippen LogP contribution in [-0.2, 0) is 0 Å². The topological polar surface area (TPSA) is 33.2 Å². The van der Waals surface area contributed by atoms with E-state index >= 15 is 0 Å². The predicted octanol–water partition coefficient (Wildman–Crippen LogP) is 4.30. The molecule has 0 atom stereocenters. The molecule has 0 fully saturated rings. The van der Waals surface area contributed by atoms with E-state index in [1.165, 1.54) is 23.2 Å². The van der Waals surface area contributed by atoms with Crippen LogP contribution < -0.4 is 4.90 Å². The van der Waals surface area contributed by atoms with E-state index in [0.29, 0.717) is 22.3 Å². The number of pyridine rings is 1. The normalized spacial score (nSPS) is 10.4. The number of hydrogen-bond acceptors (Lipinski definition) is 2. The third-order valence-electron chi connectivity index (χ3n) is 2.74. The van der Waals surface area contributed by atoms with Crippen molar-refractivity contribution < 1.29 is 9.18 Å². The number of hydrogen-bond donors (Lipinski definition) is 0. The zero-order valence-corrected chi connectivity index (χ0v) is 12.9. The monoisotopic (exact) mass is 356 g/mol. The molecule has 2 aromatic rings. The Morgan fingerprint density at radius 3 is 2.65 bits per heavy atom. The first kappa shape index (κ1) is 14.9. The van der Waals surface area contributed by atoms with Crippen LogP contribution in [0, 0.1) is 5.82 Å². The third-order valence-corrected chi connectivity index (χ3v) is 3.47. The molecule has 104 valence electrons. The second kappa shape index (κ2) is 6.33. The van der Waals surface area contributed by atoms with E-state index in [2.05, 4.69) is 20.9 Å². The van der Waals surface area contributed by atoms with E-state index in [1.807, 2.05) is 6.92 Å². The van der Waals surface area contributed by atoms with Gasteiger partial charge in [-0.05, 0) is 53.2 Å². The van der Waals surface area contributed by atoms with Crippen LogP contribution in [0.5, 0.6) is 0 Å². The van der Waals surface area contributed by atoms with Gasteiger partial charge < -0.3 is 4.90 Å². The number of anilines is 1. The molecule has 1 heterocycles. The number of amides is 1. The summed E-state index contributed by atoms with van der Waals surface area (Å²) in [7, 11) is 0. The number of aromatic nitrogens is 1. The van der Waals surface area contributed by atoms with Crippen molar-refractivity contribution in [2.24, 2.45) is 0 Å². The highest BCUT2D eigenvalue weighted by Gasteiger charge is 2.19. The van der Waals surface area contributed by atoms with E-state index in [-0.39, 0.29) is 16.9 Å². The summed E-state index contributed by atoms with van der Waals surface area (Å²) in [5.74, 6) is -0.627. The van der Waals surface area contributed by atoms with E-state index in [0.717, 1.165) is 0 Å². The van der Waals surface area contributed by atoms with Crippen molar-refractivity contribution in [3.8, 4) is 0 Å². The Morgan fingerprint density at radius 1 is 1.40 bits per heavy atom. The number of carbonyl (C=O) groups excluding carboxylic acids is 1. The minimum absolute atomic E-state index is 0.138. The molecule has 0 bridgehead atoms. The number of carbonyl (C=O) groups is 1. The highest BCUT2D eigenvalue weighted by atomic mass is 79.9. The zero-order chi connectivity index (χ0) is 14.7. The molecule has 1 amide bonds. The summed E-state index contributed by atoms with van der Waals surface area (Å²) in [6, 6.07) is 7.34. The van der Waals surface area contributed by atoms with Gasteiger partial charge in [-0.25, -0.2) is 9.37 Å². The van der Waals surface area contributed by atoms with Crippen molar-refractivity contribution in [3.63, 3.8) is 0 Å². The van der Waals surface area contributed by atoms with Gasteiger partial charge in [0.15, 0.2) is 0 Å². The number of halogens is 3. The summed E-state index contributed by atoms with van der Waals surface area (Å²) in [6.45, 7) is 2.27. The maximum absolute atomic E-state index is 13.0. The Kier molecular flexibility index (Phi) is 4.73. The lowest BCUT2D eigenvalue weighted by molar-refractivity contribution is 0.0988. The average molecular weight is 358 g/mol. The Bertz CT molecular complexity index is 634. The molecule has 2 rings (SSSR count). The Balaban J connectivity index is 2.38. The van der Waals surface area contributed by atoms with E-state index < -0.39 is 0 Å². The van der Waals surface area contributed by atoms with Crippen molar-refractivity contribution in [1.82, 2.24) is 4.98 Å².